The Morgan fingerprint density at radius 3 is 2.42 bits per heavy atom. The molecule has 0 aromatic heterocycles. The number of hydrogen-bond donors (Lipinski definition) is 1. The lowest BCUT2D eigenvalue weighted by molar-refractivity contribution is -0.139. The highest BCUT2D eigenvalue weighted by Crippen LogP contribution is 2.41. The molecule has 0 bridgehead atoms. The highest BCUT2D eigenvalue weighted by Gasteiger charge is 2.46. The summed E-state index contributed by atoms with van der Waals surface area (Å²) in [6.45, 7) is 5.02. The Kier molecular flexibility index (Phi) is 6.81. The number of aliphatic hydroxyl groups excluding tert-OH is 1. The van der Waals surface area contributed by atoms with E-state index in [4.69, 9.17) is 4.74 Å². The first-order chi connectivity index (χ1) is 14.8. The van der Waals surface area contributed by atoms with Crippen molar-refractivity contribution >= 4 is 17.4 Å². The number of likely N-dealkylation sites (tertiary alicyclic amines) is 1. The number of carbonyl (C=O) groups excluding carboxylic acids is 2. The van der Waals surface area contributed by atoms with Crippen LogP contribution in [0.4, 0.5) is 0 Å². The van der Waals surface area contributed by atoms with Crippen LogP contribution in [0.5, 0.6) is 5.75 Å². The van der Waals surface area contributed by atoms with E-state index in [0.29, 0.717) is 17.9 Å². The van der Waals surface area contributed by atoms with Crippen molar-refractivity contribution in [1.29, 1.82) is 0 Å². The Labute approximate surface area is 183 Å². The monoisotopic (exact) mass is 422 g/mol. The fourth-order valence-corrected chi connectivity index (χ4v) is 4.06. The minimum atomic E-state index is -0.647. The molecular weight excluding hydrogens is 392 g/mol. The molecule has 0 spiro atoms. The van der Waals surface area contributed by atoms with E-state index in [1.807, 2.05) is 57.1 Å². The smallest absolute Gasteiger partial charge is 0.295 e. The zero-order valence-corrected chi connectivity index (χ0v) is 18.8. The summed E-state index contributed by atoms with van der Waals surface area (Å²) >= 11 is 0. The number of nitrogens with zero attached hydrogens (tertiary/aromatic N) is 2. The van der Waals surface area contributed by atoms with Crippen molar-refractivity contribution in [3.05, 3.63) is 70.3 Å². The van der Waals surface area contributed by atoms with E-state index in [9.17, 15) is 14.7 Å². The van der Waals surface area contributed by atoms with Gasteiger partial charge in [0.15, 0.2) is 0 Å². The van der Waals surface area contributed by atoms with Gasteiger partial charge in [-0.05, 0) is 75.8 Å². The highest BCUT2D eigenvalue weighted by atomic mass is 16.5. The SMILES string of the molecule is COc1ccc(/C(O)=C2\C(=O)C(=O)N(CCCN(C)C)C2c2ccccc2C)c(C)c1. The van der Waals surface area contributed by atoms with Crippen LogP contribution in [0, 0.1) is 13.8 Å². The number of ether oxygens (including phenoxy) is 1. The van der Waals surface area contributed by atoms with Crippen LogP contribution in [-0.4, -0.2) is 60.9 Å². The number of aryl methyl sites for hydroxylation is 2. The van der Waals surface area contributed by atoms with Crippen LogP contribution < -0.4 is 4.74 Å². The molecule has 2 aromatic carbocycles. The lowest BCUT2D eigenvalue weighted by Crippen LogP contribution is -2.32. The number of aliphatic hydroxyl groups is 1. The molecule has 1 aliphatic rings. The molecule has 0 radical (unpaired) electrons. The summed E-state index contributed by atoms with van der Waals surface area (Å²) < 4.78 is 5.25. The summed E-state index contributed by atoms with van der Waals surface area (Å²) in [5.41, 5.74) is 3.23. The maximum Gasteiger partial charge on any atom is 0.295 e. The number of rotatable bonds is 7. The van der Waals surface area contributed by atoms with Gasteiger partial charge in [0.2, 0.25) is 0 Å². The predicted molar refractivity (Wildman–Crippen MR) is 121 cm³/mol. The molecule has 1 N–H and O–H groups in total. The molecule has 1 aliphatic heterocycles. The summed E-state index contributed by atoms with van der Waals surface area (Å²) in [7, 11) is 5.52. The molecule has 6 nitrogen and oxygen atoms in total. The molecule has 1 atom stereocenters. The lowest BCUT2D eigenvalue weighted by Gasteiger charge is -2.27. The third kappa shape index (κ3) is 4.49. The second kappa shape index (κ2) is 9.35. The molecule has 2 aromatic rings. The predicted octanol–water partition coefficient (Wildman–Crippen LogP) is 3.69. The summed E-state index contributed by atoms with van der Waals surface area (Å²) in [6, 6.07) is 12.3. The Balaban J connectivity index is 2.14. The van der Waals surface area contributed by atoms with Crippen LogP contribution in [0.3, 0.4) is 0 Å². The zero-order chi connectivity index (χ0) is 22.7. The molecule has 1 heterocycles. The molecular formula is C25H30N2O4. The van der Waals surface area contributed by atoms with Gasteiger partial charge in [0.25, 0.3) is 11.7 Å². The minimum Gasteiger partial charge on any atom is -0.507 e. The van der Waals surface area contributed by atoms with Gasteiger partial charge < -0.3 is 19.6 Å². The topological polar surface area (TPSA) is 70.1 Å². The largest absolute Gasteiger partial charge is 0.507 e. The molecule has 31 heavy (non-hydrogen) atoms. The molecule has 164 valence electrons. The number of carbonyl (C=O) groups is 2. The molecule has 1 unspecified atom stereocenters. The van der Waals surface area contributed by atoms with Crippen LogP contribution in [0.25, 0.3) is 5.76 Å². The maximum atomic E-state index is 13.1. The molecule has 0 aliphatic carbocycles. The van der Waals surface area contributed by atoms with E-state index in [2.05, 4.69) is 0 Å². The third-order valence-corrected chi connectivity index (χ3v) is 5.72. The van der Waals surface area contributed by atoms with E-state index in [0.717, 1.165) is 29.7 Å². The highest BCUT2D eigenvalue weighted by molar-refractivity contribution is 6.46. The number of amides is 1. The van der Waals surface area contributed by atoms with E-state index in [-0.39, 0.29) is 11.3 Å². The number of benzene rings is 2. The van der Waals surface area contributed by atoms with E-state index >= 15 is 0 Å². The van der Waals surface area contributed by atoms with Gasteiger partial charge in [-0.25, -0.2) is 0 Å². The Hall–Kier alpha value is -3.12. The zero-order valence-electron chi connectivity index (χ0n) is 18.8. The van der Waals surface area contributed by atoms with Gasteiger partial charge in [-0.1, -0.05) is 24.3 Å². The van der Waals surface area contributed by atoms with Gasteiger partial charge >= 0.3 is 0 Å². The molecule has 1 amide bonds. The quantitative estimate of drug-likeness (QED) is 0.419. The number of hydrogen-bond acceptors (Lipinski definition) is 5. The molecule has 6 heteroatoms. The van der Waals surface area contributed by atoms with Gasteiger partial charge in [0.1, 0.15) is 11.5 Å². The summed E-state index contributed by atoms with van der Waals surface area (Å²) in [5, 5.41) is 11.2. The van der Waals surface area contributed by atoms with Gasteiger partial charge in [-0.2, -0.15) is 0 Å². The Bertz CT molecular complexity index is 1030. The first-order valence-corrected chi connectivity index (χ1v) is 10.4. The van der Waals surface area contributed by atoms with Crippen LogP contribution in [0.15, 0.2) is 48.0 Å². The van der Waals surface area contributed by atoms with Gasteiger partial charge in [0.05, 0.1) is 18.7 Å². The second-order valence-corrected chi connectivity index (χ2v) is 8.19. The normalized spacial score (nSPS) is 18.1. The van der Waals surface area contributed by atoms with E-state index in [1.54, 1.807) is 30.2 Å². The first-order valence-electron chi connectivity index (χ1n) is 10.4. The van der Waals surface area contributed by atoms with Crippen LogP contribution in [0.1, 0.15) is 34.7 Å². The number of methoxy groups -OCH3 is 1. The summed E-state index contributed by atoms with van der Waals surface area (Å²) in [6.07, 6.45) is 0.726. The van der Waals surface area contributed by atoms with Gasteiger partial charge in [0, 0.05) is 12.1 Å². The van der Waals surface area contributed by atoms with E-state index in [1.165, 1.54) is 0 Å². The third-order valence-electron chi connectivity index (χ3n) is 5.72. The minimum absolute atomic E-state index is 0.136. The summed E-state index contributed by atoms with van der Waals surface area (Å²) in [5.74, 6) is -0.707. The Morgan fingerprint density at radius 2 is 1.81 bits per heavy atom. The molecule has 3 rings (SSSR count). The van der Waals surface area contributed by atoms with Crippen molar-refractivity contribution in [3.63, 3.8) is 0 Å². The van der Waals surface area contributed by atoms with Gasteiger partial charge in [-0.15, -0.1) is 0 Å². The van der Waals surface area contributed by atoms with Crippen molar-refractivity contribution in [2.45, 2.75) is 26.3 Å². The molecule has 1 fully saturated rings. The second-order valence-electron chi connectivity index (χ2n) is 8.19. The maximum absolute atomic E-state index is 13.1. The Morgan fingerprint density at radius 1 is 1.10 bits per heavy atom. The van der Waals surface area contributed by atoms with Crippen LogP contribution >= 0.6 is 0 Å². The van der Waals surface area contributed by atoms with Crippen molar-refractivity contribution in [1.82, 2.24) is 9.80 Å². The first kappa shape index (κ1) is 22.6. The summed E-state index contributed by atoms with van der Waals surface area (Å²) in [4.78, 5) is 29.8. The number of Topliss-reactive ketones (excluding diaryl/α,β-unsaturated/α-hetero) is 1. The van der Waals surface area contributed by atoms with Crippen molar-refractivity contribution < 1.29 is 19.4 Å². The average Bonchev–Trinajstić information content (AvgIpc) is 2.98. The van der Waals surface area contributed by atoms with E-state index < -0.39 is 17.7 Å². The lowest BCUT2D eigenvalue weighted by atomic mass is 9.91. The van der Waals surface area contributed by atoms with Crippen LogP contribution in [0.2, 0.25) is 0 Å². The average molecular weight is 423 g/mol. The fourth-order valence-electron chi connectivity index (χ4n) is 4.06. The molecule has 0 saturated carbocycles. The van der Waals surface area contributed by atoms with Crippen LogP contribution in [-0.2, 0) is 9.59 Å². The fraction of sp³-hybridized carbons (Fsp3) is 0.360. The molecule has 1 saturated heterocycles. The standard InChI is InChI=1S/C25H30N2O4/c1-16-9-6-7-10-19(16)22-21(23(28)20-12-11-18(31-5)15-17(20)2)24(29)25(30)27(22)14-8-13-26(3)4/h6-7,9-12,15,22,28H,8,13-14H2,1-5H3/b23-21+. The van der Waals surface area contributed by atoms with Gasteiger partial charge in [-0.3, -0.25) is 9.59 Å². The van der Waals surface area contributed by atoms with Crippen molar-refractivity contribution in [3.8, 4) is 5.75 Å². The van der Waals surface area contributed by atoms with Crippen molar-refractivity contribution in [2.24, 2.45) is 0 Å². The van der Waals surface area contributed by atoms with Crippen molar-refractivity contribution in [2.75, 3.05) is 34.3 Å². The number of ketones is 1.